The maximum Gasteiger partial charge on any atom is 0.175 e. The second-order valence-electron chi connectivity index (χ2n) is 4.99. The number of nitrogen functional groups attached to an aromatic ring is 1. The Bertz CT molecular complexity index is 1050. The van der Waals surface area contributed by atoms with E-state index >= 15 is 0 Å². The molecule has 2 aromatic heterocycles. The van der Waals surface area contributed by atoms with Gasteiger partial charge in [0, 0.05) is 11.8 Å². The van der Waals surface area contributed by atoms with Crippen molar-refractivity contribution in [2.45, 2.75) is 0 Å². The monoisotopic (exact) mass is 285 g/mol. The normalized spacial score (nSPS) is 10.9. The summed E-state index contributed by atoms with van der Waals surface area (Å²) in [6.07, 6.45) is 3.18. The van der Waals surface area contributed by atoms with E-state index in [1.165, 1.54) is 10.7 Å². The smallest absolute Gasteiger partial charge is 0.175 e. The number of hydrogen-bond donors (Lipinski definition) is 1. The van der Waals surface area contributed by atoms with Crippen LogP contribution in [-0.2, 0) is 0 Å². The maximum atomic E-state index is 9.06. The number of anilines is 1. The van der Waals surface area contributed by atoms with Crippen molar-refractivity contribution in [2.75, 3.05) is 5.73 Å². The second kappa shape index (κ2) is 4.57. The zero-order valence-electron chi connectivity index (χ0n) is 11.6. The van der Waals surface area contributed by atoms with Gasteiger partial charge in [-0.3, -0.25) is 0 Å². The number of nitrogens with two attached hydrogens (primary N) is 1. The summed E-state index contributed by atoms with van der Waals surface area (Å²) >= 11 is 0. The van der Waals surface area contributed by atoms with E-state index in [-0.39, 0.29) is 0 Å². The van der Waals surface area contributed by atoms with E-state index in [9.17, 15) is 0 Å². The highest BCUT2D eigenvalue weighted by Gasteiger charge is 2.13. The minimum Gasteiger partial charge on any atom is -0.383 e. The molecule has 0 aliphatic rings. The first kappa shape index (κ1) is 12.4. The molecule has 0 amide bonds. The quantitative estimate of drug-likeness (QED) is 0.583. The molecule has 0 bridgehead atoms. The zero-order valence-corrected chi connectivity index (χ0v) is 11.6. The highest BCUT2D eigenvalue weighted by atomic mass is 15.3. The molecule has 0 spiro atoms. The van der Waals surface area contributed by atoms with Crippen LogP contribution in [0, 0.1) is 11.3 Å². The van der Waals surface area contributed by atoms with E-state index in [1.54, 1.807) is 6.20 Å². The molecule has 0 fully saturated rings. The Morgan fingerprint density at radius 1 is 1.00 bits per heavy atom. The van der Waals surface area contributed by atoms with Crippen molar-refractivity contribution in [3.63, 3.8) is 0 Å². The van der Waals surface area contributed by atoms with Gasteiger partial charge >= 0.3 is 0 Å². The predicted octanol–water partition coefficient (Wildman–Crippen LogP) is 3.00. The summed E-state index contributed by atoms with van der Waals surface area (Å²) in [6, 6.07) is 16.2. The number of aromatic nitrogens is 3. The molecule has 2 aromatic carbocycles. The van der Waals surface area contributed by atoms with Crippen LogP contribution >= 0.6 is 0 Å². The lowest BCUT2D eigenvalue weighted by Crippen LogP contribution is -2.03. The van der Waals surface area contributed by atoms with Crippen LogP contribution in [0.15, 0.2) is 54.9 Å². The van der Waals surface area contributed by atoms with Gasteiger partial charge < -0.3 is 5.73 Å². The molecule has 4 rings (SSSR count). The fourth-order valence-electron chi connectivity index (χ4n) is 2.70. The minimum absolute atomic E-state index is 0.413. The maximum absolute atomic E-state index is 9.06. The number of hydrogen-bond acceptors (Lipinski definition) is 4. The third-order valence-corrected chi connectivity index (χ3v) is 3.76. The van der Waals surface area contributed by atoms with Crippen LogP contribution in [-0.4, -0.2) is 14.6 Å². The Hall–Kier alpha value is -3.39. The van der Waals surface area contributed by atoms with Crippen molar-refractivity contribution >= 4 is 22.2 Å². The molecule has 0 aliphatic carbocycles. The number of benzene rings is 2. The average molecular weight is 285 g/mol. The predicted molar refractivity (Wildman–Crippen MR) is 85.1 cm³/mol. The van der Waals surface area contributed by atoms with Crippen LogP contribution in [0.1, 0.15) is 5.56 Å². The molecule has 2 N–H and O–H groups in total. The molecule has 0 unspecified atom stereocenters. The molecule has 0 saturated heterocycles. The van der Waals surface area contributed by atoms with Gasteiger partial charge in [-0.1, -0.05) is 42.5 Å². The van der Waals surface area contributed by atoms with Crippen LogP contribution < -0.4 is 5.73 Å². The molecule has 4 aromatic rings. The molecule has 2 heterocycles. The highest BCUT2D eigenvalue weighted by molar-refractivity contribution is 5.98. The Balaban J connectivity index is 2.05. The molecular weight excluding hydrogens is 274 g/mol. The largest absolute Gasteiger partial charge is 0.383 e. The molecule has 5 heteroatoms. The fraction of sp³-hybridized carbons (Fsp3) is 0. The topological polar surface area (TPSA) is 80.0 Å². The van der Waals surface area contributed by atoms with Gasteiger partial charge in [-0.15, -0.1) is 0 Å². The molecule has 0 saturated carbocycles. The van der Waals surface area contributed by atoms with Crippen LogP contribution in [0.4, 0.5) is 5.82 Å². The summed E-state index contributed by atoms with van der Waals surface area (Å²) in [4.78, 5) is 4.35. The molecular formula is C17H11N5. The molecule has 0 atom stereocenters. The molecule has 104 valence electrons. The van der Waals surface area contributed by atoms with Crippen molar-refractivity contribution in [1.29, 1.82) is 5.26 Å². The second-order valence-corrected chi connectivity index (χ2v) is 4.99. The molecule has 0 aliphatic heterocycles. The van der Waals surface area contributed by atoms with Gasteiger partial charge in [-0.2, -0.15) is 14.9 Å². The van der Waals surface area contributed by atoms with Gasteiger partial charge in [-0.25, -0.2) is 4.98 Å². The van der Waals surface area contributed by atoms with Gasteiger partial charge in [0.1, 0.15) is 17.5 Å². The van der Waals surface area contributed by atoms with E-state index in [0.717, 1.165) is 21.9 Å². The summed E-state index contributed by atoms with van der Waals surface area (Å²) in [6.45, 7) is 0. The Labute approximate surface area is 126 Å². The molecule has 5 nitrogen and oxygen atoms in total. The van der Waals surface area contributed by atoms with E-state index in [4.69, 9.17) is 11.0 Å². The van der Waals surface area contributed by atoms with E-state index in [0.29, 0.717) is 17.0 Å². The van der Waals surface area contributed by atoms with Crippen molar-refractivity contribution < 1.29 is 0 Å². The summed E-state index contributed by atoms with van der Waals surface area (Å²) in [5.41, 5.74) is 8.95. The third kappa shape index (κ3) is 1.64. The van der Waals surface area contributed by atoms with Gasteiger partial charge in [0.25, 0.3) is 0 Å². The number of nitriles is 1. The lowest BCUT2D eigenvalue weighted by molar-refractivity contribution is 0.954. The first-order valence-corrected chi connectivity index (χ1v) is 6.80. The fourth-order valence-corrected chi connectivity index (χ4v) is 2.70. The first-order valence-electron chi connectivity index (χ1n) is 6.80. The Morgan fingerprint density at radius 2 is 1.82 bits per heavy atom. The summed E-state index contributed by atoms with van der Waals surface area (Å²) in [5, 5.41) is 15.5. The summed E-state index contributed by atoms with van der Waals surface area (Å²) in [5.74, 6) is 0.475. The highest BCUT2D eigenvalue weighted by Crippen LogP contribution is 2.32. The van der Waals surface area contributed by atoms with Crippen LogP contribution in [0.25, 0.3) is 27.5 Å². The van der Waals surface area contributed by atoms with Crippen LogP contribution in [0.5, 0.6) is 0 Å². The van der Waals surface area contributed by atoms with Crippen molar-refractivity contribution in [1.82, 2.24) is 14.6 Å². The number of nitrogens with zero attached hydrogens (tertiary/aromatic N) is 4. The van der Waals surface area contributed by atoms with Gasteiger partial charge in [0.15, 0.2) is 5.65 Å². The van der Waals surface area contributed by atoms with Gasteiger partial charge in [0.2, 0.25) is 0 Å². The molecule has 0 radical (unpaired) electrons. The first-order chi connectivity index (χ1) is 10.8. The SMILES string of the molecule is N#Cc1cnn2c(N)c(-c3cccc4ccccc34)cnc12. The Kier molecular flexibility index (Phi) is 2.57. The van der Waals surface area contributed by atoms with E-state index in [2.05, 4.69) is 34.4 Å². The van der Waals surface area contributed by atoms with Gasteiger partial charge in [-0.05, 0) is 16.3 Å². The number of rotatable bonds is 1. The van der Waals surface area contributed by atoms with Crippen LogP contribution in [0.2, 0.25) is 0 Å². The zero-order chi connectivity index (χ0) is 15.1. The van der Waals surface area contributed by atoms with Crippen molar-refractivity contribution in [3.05, 3.63) is 60.4 Å². The standard InChI is InChI=1S/C17H11N5/c18-8-12-9-21-22-16(19)15(10-20-17(12)22)14-7-3-5-11-4-1-2-6-13(11)14/h1-7,9-10H,19H2. The van der Waals surface area contributed by atoms with Crippen molar-refractivity contribution in [2.24, 2.45) is 0 Å². The average Bonchev–Trinajstić information content (AvgIpc) is 2.99. The van der Waals surface area contributed by atoms with E-state index < -0.39 is 0 Å². The number of fused-ring (bicyclic) bond motifs is 2. The Morgan fingerprint density at radius 3 is 2.68 bits per heavy atom. The lowest BCUT2D eigenvalue weighted by Gasteiger charge is -2.10. The lowest BCUT2D eigenvalue weighted by atomic mass is 10.00. The molecule has 22 heavy (non-hydrogen) atoms. The van der Waals surface area contributed by atoms with E-state index in [1.807, 2.05) is 24.3 Å². The van der Waals surface area contributed by atoms with Crippen LogP contribution in [0.3, 0.4) is 0 Å². The summed E-state index contributed by atoms with van der Waals surface area (Å²) < 4.78 is 1.51. The van der Waals surface area contributed by atoms with Gasteiger partial charge in [0.05, 0.1) is 6.20 Å². The minimum atomic E-state index is 0.413. The van der Waals surface area contributed by atoms with Crippen molar-refractivity contribution in [3.8, 4) is 17.2 Å². The summed E-state index contributed by atoms with van der Waals surface area (Å²) in [7, 11) is 0. The third-order valence-electron chi connectivity index (χ3n) is 3.76.